The van der Waals surface area contributed by atoms with Crippen molar-refractivity contribution < 1.29 is 9.59 Å². The van der Waals surface area contributed by atoms with Crippen LogP contribution in [-0.2, 0) is 9.59 Å². The molecule has 0 aromatic carbocycles. The number of carbonyl (C=O) groups is 2. The van der Waals surface area contributed by atoms with E-state index in [1.54, 1.807) is 25.2 Å². The number of likely N-dealkylation sites (N-methyl/N-ethyl adjacent to an activating group) is 1. The van der Waals surface area contributed by atoms with Gasteiger partial charge in [-0.1, -0.05) is 0 Å². The maximum absolute atomic E-state index is 13.0. The molecule has 0 spiro atoms. The molecule has 142 valence electrons. The van der Waals surface area contributed by atoms with Crippen molar-refractivity contribution >= 4 is 28.7 Å². The minimum atomic E-state index is -0.110. The van der Waals surface area contributed by atoms with Crippen LogP contribution >= 0.6 is 0 Å². The molecule has 0 radical (unpaired) electrons. The number of rotatable bonds is 3. The molecular formula is C19H24N6O2. The Bertz CT molecular complexity index is 899. The van der Waals surface area contributed by atoms with E-state index in [9.17, 15) is 9.59 Å². The molecule has 8 nitrogen and oxygen atoms in total. The number of hydrogen-bond donors (Lipinski definition) is 0. The monoisotopic (exact) mass is 368 g/mol. The lowest BCUT2D eigenvalue weighted by Crippen LogP contribution is -2.51. The topological polar surface area (TPSA) is 82.5 Å². The summed E-state index contributed by atoms with van der Waals surface area (Å²) in [6.45, 7) is 3.29. The third-order valence-corrected chi connectivity index (χ3v) is 5.46. The largest absolute Gasteiger partial charge is 0.353 e. The number of amides is 2. The molecule has 0 unspecified atom stereocenters. The molecular weight excluding hydrogens is 344 g/mol. The zero-order valence-corrected chi connectivity index (χ0v) is 15.9. The van der Waals surface area contributed by atoms with Crippen molar-refractivity contribution in [3.63, 3.8) is 0 Å². The summed E-state index contributed by atoms with van der Waals surface area (Å²) in [5.74, 6) is 1.42. The van der Waals surface area contributed by atoms with E-state index in [-0.39, 0.29) is 30.3 Å². The van der Waals surface area contributed by atoms with E-state index in [2.05, 4.69) is 19.9 Å². The molecule has 2 bridgehead atoms. The highest BCUT2D eigenvalue weighted by atomic mass is 16.2. The highest BCUT2D eigenvalue weighted by Crippen LogP contribution is 2.33. The van der Waals surface area contributed by atoms with Crippen molar-refractivity contribution in [1.29, 1.82) is 0 Å². The minimum Gasteiger partial charge on any atom is -0.353 e. The smallest absolute Gasteiger partial charge is 0.241 e. The summed E-state index contributed by atoms with van der Waals surface area (Å²) in [5, 5.41) is 0.896. The lowest BCUT2D eigenvalue weighted by molar-refractivity contribution is -0.145. The SMILES string of the molecule is Cc1nc(N2C[C@@H]3CC[C@H](C2)N(CC(=O)N(C)C)C3=O)c2cccnc2n1. The van der Waals surface area contributed by atoms with Crippen LogP contribution in [-0.4, -0.2) is 76.3 Å². The summed E-state index contributed by atoms with van der Waals surface area (Å²) in [5.41, 5.74) is 0.669. The zero-order valence-electron chi connectivity index (χ0n) is 15.9. The van der Waals surface area contributed by atoms with Gasteiger partial charge in [0.2, 0.25) is 11.8 Å². The van der Waals surface area contributed by atoms with Crippen molar-refractivity contribution in [2.24, 2.45) is 5.92 Å². The maximum Gasteiger partial charge on any atom is 0.241 e. The van der Waals surface area contributed by atoms with Gasteiger partial charge in [0.25, 0.3) is 0 Å². The molecule has 3 aliphatic heterocycles. The number of fused-ring (bicyclic) bond motifs is 5. The molecule has 3 aliphatic rings. The van der Waals surface area contributed by atoms with Crippen LogP contribution < -0.4 is 4.90 Å². The van der Waals surface area contributed by atoms with Gasteiger partial charge in [-0.3, -0.25) is 9.59 Å². The van der Waals surface area contributed by atoms with Crippen molar-refractivity contribution in [1.82, 2.24) is 24.8 Å². The van der Waals surface area contributed by atoms with Crippen LogP contribution in [0, 0.1) is 12.8 Å². The van der Waals surface area contributed by atoms with E-state index in [1.807, 2.05) is 19.1 Å². The summed E-state index contributed by atoms with van der Waals surface area (Å²) < 4.78 is 0. The average Bonchev–Trinajstić information content (AvgIpc) is 2.93. The molecule has 0 aliphatic carbocycles. The lowest BCUT2D eigenvalue weighted by Gasteiger charge is -2.35. The van der Waals surface area contributed by atoms with E-state index in [0.29, 0.717) is 24.6 Å². The number of aryl methyl sites for hydroxylation is 1. The Hall–Kier alpha value is -2.77. The highest BCUT2D eigenvalue weighted by Gasteiger charge is 2.42. The Labute approximate surface area is 158 Å². The first kappa shape index (κ1) is 17.6. The van der Waals surface area contributed by atoms with Crippen LogP contribution in [0.3, 0.4) is 0 Å². The van der Waals surface area contributed by atoms with Gasteiger partial charge in [-0.05, 0) is 31.9 Å². The summed E-state index contributed by atoms with van der Waals surface area (Å²) in [6.07, 6.45) is 3.49. The molecule has 0 saturated carbocycles. The highest BCUT2D eigenvalue weighted by molar-refractivity contribution is 5.89. The molecule has 0 N–H and O–H groups in total. The Kier molecular flexibility index (Phi) is 4.41. The van der Waals surface area contributed by atoms with Crippen molar-refractivity contribution in [2.75, 3.05) is 38.6 Å². The molecule has 2 atom stereocenters. The van der Waals surface area contributed by atoms with Gasteiger partial charge in [-0.2, -0.15) is 0 Å². The fourth-order valence-electron chi connectivity index (χ4n) is 4.00. The number of hydrogen-bond acceptors (Lipinski definition) is 6. The summed E-state index contributed by atoms with van der Waals surface area (Å²) >= 11 is 0. The van der Waals surface area contributed by atoms with Gasteiger partial charge in [-0.15, -0.1) is 0 Å². The number of nitrogens with zero attached hydrogens (tertiary/aromatic N) is 6. The predicted octanol–water partition coefficient (Wildman–Crippen LogP) is 0.849. The van der Waals surface area contributed by atoms with Crippen LogP contribution in [0.4, 0.5) is 5.82 Å². The van der Waals surface area contributed by atoms with E-state index in [1.165, 1.54) is 4.90 Å². The summed E-state index contributed by atoms with van der Waals surface area (Å²) in [4.78, 5) is 44.1. The average molecular weight is 368 g/mol. The van der Waals surface area contributed by atoms with Gasteiger partial charge >= 0.3 is 0 Å². The van der Waals surface area contributed by atoms with Gasteiger partial charge in [-0.25, -0.2) is 15.0 Å². The van der Waals surface area contributed by atoms with Gasteiger partial charge < -0.3 is 14.7 Å². The third kappa shape index (κ3) is 3.20. The second kappa shape index (κ2) is 6.75. The second-order valence-electron chi connectivity index (χ2n) is 7.56. The first-order chi connectivity index (χ1) is 12.9. The van der Waals surface area contributed by atoms with Gasteiger partial charge in [0, 0.05) is 39.4 Å². The number of aromatic nitrogens is 3. The van der Waals surface area contributed by atoms with E-state index in [4.69, 9.17) is 0 Å². The Morgan fingerprint density at radius 2 is 2.07 bits per heavy atom. The fourth-order valence-corrected chi connectivity index (χ4v) is 4.00. The van der Waals surface area contributed by atoms with Crippen LogP contribution in [0.2, 0.25) is 0 Å². The third-order valence-electron chi connectivity index (χ3n) is 5.46. The number of piperidine rings is 1. The maximum atomic E-state index is 13.0. The van der Waals surface area contributed by atoms with Gasteiger partial charge in [0.15, 0.2) is 5.65 Å². The number of anilines is 1. The van der Waals surface area contributed by atoms with E-state index < -0.39 is 0 Å². The first-order valence-corrected chi connectivity index (χ1v) is 9.29. The van der Waals surface area contributed by atoms with Gasteiger partial charge in [0.1, 0.15) is 18.2 Å². The molecule has 5 heterocycles. The fraction of sp³-hybridized carbons (Fsp3) is 0.526. The molecule has 8 heteroatoms. The Morgan fingerprint density at radius 3 is 2.85 bits per heavy atom. The normalized spacial score (nSPS) is 22.3. The van der Waals surface area contributed by atoms with E-state index >= 15 is 0 Å². The molecule has 3 fully saturated rings. The molecule has 5 rings (SSSR count). The van der Waals surface area contributed by atoms with Crippen LogP contribution in [0.5, 0.6) is 0 Å². The van der Waals surface area contributed by atoms with Gasteiger partial charge in [0.05, 0.1) is 11.3 Å². The van der Waals surface area contributed by atoms with Crippen LogP contribution in [0.25, 0.3) is 11.0 Å². The van der Waals surface area contributed by atoms with E-state index in [0.717, 1.165) is 24.0 Å². The molecule has 3 saturated heterocycles. The second-order valence-corrected chi connectivity index (χ2v) is 7.56. The van der Waals surface area contributed by atoms with Crippen molar-refractivity contribution in [3.05, 3.63) is 24.2 Å². The zero-order chi connectivity index (χ0) is 19.1. The lowest BCUT2D eigenvalue weighted by atomic mass is 9.94. The quantitative estimate of drug-likeness (QED) is 0.799. The standard InChI is InChI=1S/C19H24N6O2/c1-12-21-17-15(5-4-8-20-17)18(22-12)24-9-13-6-7-14(10-24)25(19(13)27)11-16(26)23(2)3/h4-5,8,13-14H,6-7,9-11H2,1-3H3/t13-,14+/m0/s1. The summed E-state index contributed by atoms with van der Waals surface area (Å²) in [7, 11) is 3.44. The molecule has 2 aromatic heterocycles. The predicted molar refractivity (Wildman–Crippen MR) is 101 cm³/mol. The van der Waals surface area contributed by atoms with Crippen molar-refractivity contribution in [3.8, 4) is 0 Å². The minimum absolute atomic E-state index is 0.0159. The molecule has 27 heavy (non-hydrogen) atoms. The van der Waals surface area contributed by atoms with Crippen molar-refractivity contribution in [2.45, 2.75) is 25.8 Å². The Balaban J connectivity index is 1.68. The Morgan fingerprint density at radius 1 is 1.26 bits per heavy atom. The molecule has 2 amide bonds. The van der Waals surface area contributed by atoms with Crippen LogP contribution in [0.1, 0.15) is 18.7 Å². The van der Waals surface area contributed by atoms with Crippen LogP contribution in [0.15, 0.2) is 18.3 Å². The first-order valence-electron chi connectivity index (χ1n) is 9.29. The summed E-state index contributed by atoms with van der Waals surface area (Å²) in [6, 6.07) is 3.87. The number of carbonyl (C=O) groups excluding carboxylic acids is 2. The number of pyridine rings is 1. The molecule has 2 aromatic rings.